The standard InChI is InChI=1S/C16H13ClF3N3O6.Na/c17-11-5-9(16(18,19)20)7-22-15(11)29-10-1-2-13(23(26)27)12(6-10)21-3-4-28-8-14(24)25;/h1-2,5-7,21H,3-4,8H2,(H,24,25);/q;+1/p-1. The molecule has 0 saturated heterocycles. The van der Waals surface area contributed by atoms with E-state index in [4.69, 9.17) is 21.1 Å². The van der Waals surface area contributed by atoms with Gasteiger partial charge in [-0.2, -0.15) is 13.2 Å². The van der Waals surface area contributed by atoms with E-state index in [1.54, 1.807) is 0 Å². The maximum atomic E-state index is 12.7. The predicted molar refractivity (Wildman–Crippen MR) is 91.7 cm³/mol. The first-order valence-corrected chi connectivity index (χ1v) is 8.16. The summed E-state index contributed by atoms with van der Waals surface area (Å²) in [6.45, 7) is -0.690. The average Bonchev–Trinajstić information content (AvgIpc) is 2.62. The summed E-state index contributed by atoms with van der Waals surface area (Å²) < 4.78 is 48.1. The third kappa shape index (κ3) is 7.61. The smallest absolute Gasteiger partial charge is 0.548 e. The van der Waals surface area contributed by atoms with Crippen LogP contribution in [-0.2, 0) is 15.7 Å². The molecular weight excluding hydrogens is 446 g/mol. The molecule has 1 aromatic carbocycles. The molecule has 156 valence electrons. The van der Waals surface area contributed by atoms with Gasteiger partial charge >= 0.3 is 35.7 Å². The molecule has 0 fully saturated rings. The van der Waals surface area contributed by atoms with Crippen molar-refractivity contribution in [3.05, 3.63) is 51.2 Å². The topological polar surface area (TPSA) is 127 Å². The van der Waals surface area contributed by atoms with Gasteiger partial charge in [0.25, 0.3) is 5.69 Å². The third-order valence-electron chi connectivity index (χ3n) is 3.30. The number of aliphatic carboxylic acids is 1. The van der Waals surface area contributed by atoms with Crippen LogP contribution >= 0.6 is 11.6 Å². The van der Waals surface area contributed by atoms with Gasteiger partial charge in [0.15, 0.2) is 0 Å². The number of alkyl halides is 3. The Morgan fingerprint density at radius 1 is 1.30 bits per heavy atom. The molecule has 0 bridgehead atoms. The van der Waals surface area contributed by atoms with Crippen molar-refractivity contribution in [3.8, 4) is 11.6 Å². The fourth-order valence-corrected chi connectivity index (χ4v) is 2.26. The van der Waals surface area contributed by atoms with Crippen molar-refractivity contribution in [1.29, 1.82) is 0 Å². The van der Waals surface area contributed by atoms with Gasteiger partial charge in [0.05, 0.1) is 29.7 Å². The van der Waals surface area contributed by atoms with Crippen LogP contribution in [0.5, 0.6) is 11.6 Å². The Morgan fingerprint density at radius 3 is 2.57 bits per heavy atom. The Kier molecular flexibility index (Phi) is 9.78. The number of hydrogen-bond donors (Lipinski definition) is 1. The summed E-state index contributed by atoms with van der Waals surface area (Å²) in [4.78, 5) is 24.2. The summed E-state index contributed by atoms with van der Waals surface area (Å²) >= 11 is 5.77. The van der Waals surface area contributed by atoms with E-state index in [0.717, 1.165) is 6.07 Å². The van der Waals surface area contributed by atoms with Crippen molar-refractivity contribution in [2.45, 2.75) is 6.18 Å². The molecule has 0 amide bonds. The van der Waals surface area contributed by atoms with E-state index in [9.17, 15) is 33.2 Å². The molecule has 0 aliphatic rings. The minimum absolute atomic E-state index is 0. The van der Waals surface area contributed by atoms with Gasteiger partial charge < -0.3 is 24.7 Å². The number of nitrogens with one attached hydrogen (secondary N) is 1. The molecule has 1 heterocycles. The van der Waals surface area contributed by atoms with Crippen LogP contribution in [0.4, 0.5) is 24.5 Å². The zero-order valence-corrected chi connectivity index (χ0v) is 18.1. The normalized spacial score (nSPS) is 10.8. The fraction of sp³-hybridized carbons (Fsp3) is 0.250. The number of carbonyl (C=O) groups is 1. The summed E-state index contributed by atoms with van der Waals surface area (Å²) in [6.07, 6.45) is -4.08. The summed E-state index contributed by atoms with van der Waals surface area (Å²) in [5.41, 5.74) is -1.37. The van der Waals surface area contributed by atoms with Crippen molar-refractivity contribution >= 4 is 28.9 Å². The van der Waals surface area contributed by atoms with Crippen molar-refractivity contribution in [2.24, 2.45) is 0 Å². The van der Waals surface area contributed by atoms with Crippen LogP contribution in [-0.4, -0.2) is 35.6 Å². The second-order valence-corrected chi connectivity index (χ2v) is 5.81. The molecule has 1 aromatic heterocycles. The molecule has 0 saturated carbocycles. The number of carboxylic acid groups (broad SMARTS) is 1. The number of ether oxygens (including phenoxy) is 2. The average molecular weight is 458 g/mol. The van der Waals surface area contributed by atoms with Crippen molar-refractivity contribution < 1.29 is 67.0 Å². The van der Waals surface area contributed by atoms with Gasteiger partial charge in [-0.15, -0.1) is 0 Å². The zero-order chi connectivity index (χ0) is 21.6. The number of carbonyl (C=O) groups excluding carboxylic acids is 1. The summed E-state index contributed by atoms with van der Waals surface area (Å²) in [7, 11) is 0. The Morgan fingerprint density at radius 2 is 2.00 bits per heavy atom. The van der Waals surface area contributed by atoms with Crippen LogP contribution in [0.25, 0.3) is 0 Å². The number of anilines is 1. The Bertz CT molecular complexity index is 916. The second kappa shape index (κ2) is 11.3. The largest absolute Gasteiger partial charge is 1.00 e. The number of nitrogens with zero attached hydrogens (tertiary/aromatic N) is 2. The minimum atomic E-state index is -4.63. The number of rotatable bonds is 9. The number of nitro groups is 1. The van der Waals surface area contributed by atoms with Gasteiger partial charge in [0.1, 0.15) is 16.5 Å². The first kappa shape index (κ1) is 25.9. The Hall–Kier alpha value is -2.12. The van der Waals surface area contributed by atoms with E-state index < -0.39 is 34.3 Å². The van der Waals surface area contributed by atoms with Gasteiger partial charge in [0, 0.05) is 24.9 Å². The molecule has 9 nitrogen and oxygen atoms in total. The van der Waals surface area contributed by atoms with E-state index in [2.05, 4.69) is 10.3 Å². The number of halogens is 4. The fourth-order valence-electron chi connectivity index (χ4n) is 2.06. The van der Waals surface area contributed by atoms with Crippen LogP contribution < -0.4 is 44.7 Å². The summed E-state index contributed by atoms with van der Waals surface area (Å²) in [6, 6.07) is 4.18. The first-order valence-electron chi connectivity index (χ1n) is 7.78. The number of pyridine rings is 1. The number of nitro benzene ring substituents is 1. The predicted octanol–water partition coefficient (Wildman–Crippen LogP) is -0.363. The Labute approximate surface area is 194 Å². The molecule has 0 atom stereocenters. The number of benzene rings is 1. The van der Waals surface area contributed by atoms with E-state index in [1.165, 1.54) is 12.1 Å². The third-order valence-corrected chi connectivity index (χ3v) is 3.57. The quantitative estimate of drug-likeness (QED) is 0.234. The number of hydrogen-bond acceptors (Lipinski definition) is 8. The van der Waals surface area contributed by atoms with Crippen LogP contribution in [0.2, 0.25) is 5.02 Å². The number of aromatic nitrogens is 1. The van der Waals surface area contributed by atoms with Crippen molar-refractivity contribution in [2.75, 3.05) is 25.1 Å². The molecule has 30 heavy (non-hydrogen) atoms. The maximum absolute atomic E-state index is 12.7. The maximum Gasteiger partial charge on any atom is 1.00 e. The number of carboxylic acids is 1. The molecule has 2 rings (SSSR count). The van der Waals surface area contributed by atoms with Crippen LogP contribution in [0, 0.1) is 10.1 Å². The van der Waals surface area contributed by atoms with Gasteiger partial charge in [-0.1, -0.05) is 11.6 Å². The van der Waals surface area contributed by atoms with E-state index in [1.807, 2.05) is 0 Å². The van der Waals surface area contributed by atoms with Gasteiger partial charge in [-0.05, 0) is 12.1 Å². The second-order valence-electron chi connectivity index (χ2n) is 5.40. The van der Waals surface area contributed by atoms with Crippen molar-refractivity contribution in [1.82, 2.24) is 4.98 Å². The van der Waals surface area contributed by atoms with Gasteiger partial charge in [0.2, 0.25) is 5.88 Å². The molecule has 14 heteroatoms. The molecule has 0 radical (unpaired) electrons. The van der Waals surface area contributed by atoms with E-state index >= 15 is 0 Å². The summed E-state index contributed by atoms with van der Waals surface area (Å²) in [5, 5.41) is 23.7. The molecule has 2 aromatic rings. The molecule has 1 N–H and O–H groups in total. The van der Waals surface area contributed by atoms with Crippen LogP contribution in [0.15, 0.2) is 30.5 Å². The van der Waals surface area contributed by atoms with Crippen LogP contribution in [0.3, 0.4) is 0 Å². The van der Waals surface area contributed by atoms with Crippen LogP contribution in [0.1, 0.15) is 5.56 Å². The first-order chi connectivity index (χ1) is 13.6. The van der Waals surface area contributed by atoms with Crippen molar-refractivity contribution in [3.63, 3.8) is 0 Å². The zero-order valence-electron chi connectivity index (χ0n) is 15.4. The molecular formula is C16H12ClF3N3NaO6. The molecule has 0 aliphatic carbocycles. The Balaban J connectivity index is 0.00000450. The minimum Gasteiger partial charge on any atom is -0.548 e. The monoisotopic (exact) mass is 457 g/mol. The molecule has 0 unspecified atom stereocenters. The summed E-state index contributed by atoms with van der Waals surface area (Å²) in [5.74, 6) is -1.72. The molecule has 0 aliphatic heterocycles. The van der Waals surface area contributed by atoms with E-state index in [0.29, 0.717) is 12.3 Å². The van der Waals surface area contributed by atoms with Gasteiger partial charge in [-0.3, -0.25) is 10.1 Å². The SMILES string of the molecule is O=C([O-])COCCNc1cc(Oc2ncc(C(F)(F)F)cc2Cl)ccc1[N+](=O)[O-].[Na+]. The molecule has 0 spiro atoms. The van der Waals surface area contributed by atoms with E-state index in [-0.39, 0.29) is 65.7 Å². The van der Waals surface area contributed by atoms with Gasteiger partial charge in [-0.25, -0.2) is 4.98 Å².